The minimum atomic E-state index is -1.59. The van der Waals surface area contributed by atoms with Gasteiger partial charge in [-0.05, 0) is 24.6 Å². The summed E-state index contributed by atoms with van der Waals surface area (Å²) >= 11 is 0. The van der Waals surface area contributed by atoms with E-state index in [1.165, 1.54) is 30.6 Å². The van der Waals surface area contributed by atoms with Crippen LogP contribution in [0.5, 0.6) is 5.88 Å². The highest BCUT2D eigenvalue weighted by atomic mass is 19.1. The van der Waals surface area contributed by atoms with Crippen LogP contribution in [0.25, 0.3) is 0 Å². The first-order chi connectivity index (χ1) is 15.5. The van der Waals surface area contributed by atoms with Crippen molar-refractivity contribution in [1.82, 2.24) is 9.97 Å². The van der Waals surface area contributed by atoms with Gasteiger partial charge in [-0.1, -0.05) is 6.07 Å². The number of hydrogen-bond donors (Lipinski definition) is 1. The fraction of sp³-hybridized carbons (Fsp3) is 0.455. The highest BCUT2D eigenvalue weighted by molar-refractivity contribution is 5.95. The number of nitrogens with zero attached hydrogens (tertiary/aromatic N) is 3. The number of benzene rings is 1. The largest absolute Gasteiger partial charge is 0.477 e. The predicted molar refractivity (Wildman–Crippen MR) is 111 cm³/mol. The van der Waals surface area contributed by atoms with Crippen LogP contribution in [-0.2, 0) is 21.4 Å². The van der Waals surface area contributed by atoms with E-state index in [9.17, 15) is 13.6 Å². The maximum Gasteiger partial charge on any atom is 0.283 e. The summed E-state index contributed by atoms with van der Waals surface area (Å²) in [4.78, 5) is 25.0. The van der Waals surface area contributed by atoms with Crippen molar-refractivity contribution >= 4 is 11.8 Å². The fourth-order valence-corrected chi connectivity index (χ4v) is 4.20. The molecule has 1 saturated heterocycles. The zero-order chi connectivity index (χ0) is 22.7. The number of hydrogen-bond acceptors (Lipinski definition) is 8. The Bertz CT molecular complexity index is 1020. The van der Waals surface area contributed by atoms with E-state index in [2.05, 4.69) is 15.0 Å². The molecule has 0 bridgehead atoms. The Morgan fingerprint density at radius 3 is 2.91 bits per heavy atom. The number of aromatic nitrogens is 2. The van der Waals surface area contributed by atoms with Crippen molar-refractivity contribution in [3.63, 3.8) is 0 Å². The number of amidine groups is 1. The molecule has 0 amide bonds. The van der Waals surface area contributed by atoms with Crippen LogP contribution in [0.15, 0.2) is 35.6 Å². The van der Waals surface area contributed by atoms with Crippen LogP contribution >= 0.6 is 0 Å². The first kappa shape index (κ1) is 22.1. The van der Waals surface area contributed by atoms with Gasteiger partial charge < -0.3 is 19.9 Å². The molecule has 0 saturated carbocycles. The van der Waals surface area contributed by atoms with Crippen molar-refractivity contribution < 1.29 is 27.8 Å². The van der Waals surface area contributed by atoms with Crippen molar-refractivity contribution in [2.45, 2.75) is 31.4 Å². The fourth-order valence-electron chi connectivity index (χ4n) is 4.20. The number of halogens is 2. The molecular formula is C22H24F2N4O4. The molecule has 1 aromatic heterocycles. The zero-order valence-corrected chi connectivity index (χ0v) is 17.6. The molecular weight excluding hydrogens is 422 g/mol. The lowest BCUT2D eigenvalue weighted by molar-refractivity contribution is -0.0785. The first-order valence-electron chi connectivity index (χ1n) is 10.4. The minimum absolute atomic E-state index is 0.0230. The van der Waals surface area contributed by atoms with Gasteiger partial charge in [0.1, 0.15) is 29.8 Å². The maximum atomic E-state index is 15.0. The number of alkyl halides is 1. The van der Waals surface area contributed by atoms with Gasteiger partial charge in [-0.25, -0.2) is 23.7 Å². The van der Waals surface area contributed by atoms with Crippen molar-refractivity contribution in [2.75, 3.05) is 26.5 Å². The van der Waals surface area contributed by atoms with Crippen LogP contribution in [0.1, 0.15) is 35.0 Å². The first-order valence-corrected chi connectivity index (χ1v) is 10.4. The molecule has 0 unspecified atom stereocenters. The number of ether oxygens (including phenoxy) is 3. The second kappa shape index (κ2) is 9.15. The summed E-state index contributed by atoms with van der Waals surface area (Å²) in [6.45, 7) is 1.86. The molecule has 1 aromatic carbocycles. The number of fused-ring (bicyclic) bond motifs is 1. The van der Waals surface area contributed by atoms with Crippen LogP contribution < -0.4 is 10.5 Å². The summed E-state index contributed by atoms with van der Waals surface area (Å²) in [5.74, 6) is -1.19. The molecule has 2 N–H and O–H groups in total. The van der Waals surface area contributed by atoms with Gasteiger partial charge in [0, 0.05) is 18.4 Å². The number of rotatable bonds is 7. The molecule has 2 aliphatic rings. The molecule has 2 aromatic rings. The summed E-state index contributed by atoms with van der Waals surface area (Å²) in [6, 6.07) is 3.96. The highest BCUT2D eigenvalue weighted by Gasteiger charge is 2.51. The van der Waals surface area contributed by atoms with E-state index in [0.717, 1.165) is 0 Å². The lowest BCUT2D eigenvalue weighted by Gasteiger charge is -2.45. The van der Waals surface area contributed by atoms with E-state index < -0.39 is 30.1 Å². The molecule has 32 heavy (non-hydrogen) atoms. The van der Waals surface area contributed by atoms with E-state index in [4.69, 9.17) is 19.9 Å². The van der Waals surface area contributed by atoms with Crippen molar-refractivity contribution in [2.24, 2.45) is 16.6 Å². The lowest BCUT2D eigenvalue weighted by atomic mass is 9.74. The van der Waals surface area contributed by atoms with Gasteiger partial charge in [0.05, 0.1) is 38.1 Å². The van der Waals surface area contributed by atoms with Gasteiger partial charge in [-0.3, -0.25) is 4.79 Å². The Kier molecular flexibility index (Phi) is 6.31. The zero-order valence-electron chi connectivity index (χ0n) is 17.6. The number of aliphatic imine (C=N–C) groups is 1. The van der Waals surface area contributed by atoms with Gasteiger partial charge in [-0.2, -0.15) is 0 Å². The monoisotopic (exact) mass is 446 g/mol. The molecule has 0 spiro atoms. The lowest BCUT2D eigenvalue weighted by Crippen LogP contribution is -2.54. The highest BCUT2D eigenvalue weighted by Crippen LogP contribution is 2.44. The Balaban J connectivity index is 1.64. The standard InChI is InChI=1S/C22H24F2N4O4/c1-2-31-20-10-26-17(9-27-20)18(29)8-13-3-4-16(24)14(7-13)22(12-23)15-11-30-6-5-19(15)32-21(25)28-22/h3-4,7,9-10,15,19H,2,5-6,8,11-12H2,1H3,(H2,25,28)/t15-,19+,22+/m0/s1. The van der Waals surface area contributed by atoms with E-state index >= 15 is 0 Å². The van der Waals surface area contributed by atoms with Crippen LogP contribution in [-0.4, -0.2) is 54.4 Å². The molecule has 0 aliphatic carbocycles. The number of carbonyl (C=O) groups is 1. The van der Waals surface area contributed by atoms with Crippen LogP contribution in [0.3, 0.4) is 0 Å². The number of Topliss-reactive ketones (excluding diaryl/α,β-unsaturated/α-hetero) is 1. The summed E-state index contributed by atoms with van der Waals surface area (Å²) in [7, 11) is 0. The average Bonchev–Trinajstić information content (AvgIpc) is 2.80. The summed E-state index contributed by atoms with van der Waals surface area (Å²) in [5, 5.41) is 0. The molecule has 4 rings (SSSR count). The topological polar surface area (TPSA) is 109 Å². The molecule has 170 valence electrons. The second-order valence-electron chi connectivity index (χ2n) is 7.72. The van der Waals surface area contributed by atoms with Crippen LogP contribution in [0.2, 0.25) is 0 Å². The number of nitrogens with two attached hydrogens (primary N) is 1. The van der Waals surface area contributed by atoms with Crippen LogP contribution in [0.4, 0.5) is 8.78 Å². The Morgan fingerprint density at radius 2 is 2.19 bits per heavy atom. The van der Waals surface area contributed by atoms with Gasteiger partial charge >= 0.3 is 0 Å². The third kappa shape index (κ3) is 4.14. The maximum absolute atomic E-state index is 15.0. The van der Waals surface area contributed by atoms with Crippen molar-refractivity contribution in [3.05, 3.63) is 53.2 Å². The Hall–Kier alpha value is -3.14. The molecule has 2 aliphatic heterocycles. The van der Waals surface area contributed by atoms with Gasteiger partial charge in [-0.15, -0.1) is 0 Å². The van der Waals surface area contributed by atoms with Gasteiger partial charge in [0.15, 0.2) is 5.78 Å². The molecule has 0 radical (unpaired) electrons. The molecule has 3 atom stereocenters. The predicted octanol–water partition coefficient (Wildman–Crippen LogP) is 2.35. The van der Waals surface area contributed by atoms with E-state index in [1.807, 2.05) is 6.92 Å². The third-order valence-corrected chi connectivity index (χ3v) is 5.76. The molecule has 10 heteroatoms. The van der Waals surface area contributed by atoms with Gasteiger partial charge in [0.2, 0.25) is 5.88 Å². The number of ketones is 1. The number of carbonyl (C=O) groups excluding carboxylic acids is 1. The van der Waals surface area contributed by atoms with Crippen LogP contribution in [0, 0.1) is 11.7 Å². The average molecular weight is 446 g/mol. The quantitative estimate of drug-likeness (QED) is 0.651. The summed E-state index contributed by atoms with van der Waals surface area (Å²) in [6.07, 6.45) is 2.69. The molecule has 1 fully saturated rings. The third-order valence-electron chi connectivity index (χ3n) is 5.76. The molecule has 8 nitrogen and oxygen atoms in total. The molecule has 3 heterocycles. The van der Waals surface area contributed by atoms with E-state index in [1.54, 1.807) is 0 Å². The minimum Gasteiger partial charge on any atom is -0.477 e. The van der Waals surface area contributed by atoms with Gasteiger partial charge in [0.25, 0.3) is 6.02 Å². The normalized spacial score (nSPS) is 24.8. The summed E-state index contributed by atoms with van der Waals surface area (Å²) < 4.78 is 45.8. The Morgan fingerprint density at radius 1 is 1.34 bits per heavy atom. The van der Waals surface area contributed by atoms with Crippen molar-refractivity contribution in [3.8, 4) is 5.88 Å². The SMILES string of the molecule is CCOc1cnc(C(=O)Cc2ccc(F)c([C@@]3(CF)N=C(N)O[C@@H]4CCOC[C@@H]43)c2)cn1. The Labute approximate surface area is 183 Å². The van der Waals surface area contributed by atoms with Crippen molar-refractivity contribution in [1.29, 1.82) is 0 Å². The summed E-state index contributed by atoms with van der Waals surface area (Å²) in [5.41, 5.74) is 4.90. The van der Waals surface area contributed by atoms with E-state index in [-0.39, 0.29) is 36.1 Å². The van der Waals surface area contributed by atoms with E-state index in [0.29, 0.717) is 31.1 Å². The smallest absolute Gasteiger partial charge is 0.283 e. The second-order valence-corrected chi connectivity index (χ2v) is 7.72.